The molecule has 0 atom stereocenters. The van der Waals surface area contributed by atoms with Crippen molar-refractivity contribution in [3.63, 3.8) is 0 Å². The largest absolute Gasteiger partial charge is 0.510 e. The van der Waals surface area contributed by atoms with Crippen LogP contribution in [0.1, 0.15) is 27.2 Å². The van der Waals surface area contributed by atoms with Gasteiger partial charge in [0.1, 0.15) is 23.0 Å². The molecule has 96 valence electrons. The maximum absolute atomic E-state index is 11.3. The number of allylic oxidation sites excluding steroid dienone is 2. The lowest BCUT2D eigenvalue weighted by molar-refractivity contribution is -0.154. The van der Waals surface area contributed by atoms with E-state index in [1.807, 2.05) is 0 Å². The maximum Gasteiger partial charge on any atom is 0.314 e. The van der Waals surface area contributed by atoms with Gasteiger partial charge in [0, 0.05) is 0 Å². The highest BCUT2D eigenvalue weighted by atomic mass is 35.5. The van der Waals surface area contributed by atoms with Crippen molar-refractivity contribution in [3.8, 4) is 0 Å². The van der Waals surface area contributed by atoms with Gasteiger partial charge in [-0.15, -0.1) is 0 Å². The van der Waals surface area contributed by atoms with Gasteiger partial charge in [0.2, 0.25) is 0 Å². The van der Waals surface area contributed by atoms with Crippen LogP contribution >= 0.6 is 11.6 Å². The quantitative estimate of drug-likeness (QED) is 0.312. The van der Waals surface area contributed by atoms with Gasteiger partial charge < -0.3 is 15.6 Å². The van der Waals surface area contributed by atoms with E-state index in [-0.39, 0.29) is 23.0 Å². The molecule has 0 aliphatic carbocycles. The second kappa shape index (κ2) is 6.30. The van der Waals surface area contributed by atoms with Gasteiger partial charge in [-0.05, 0) is 32.9 Å². The molecular weight excluding hydrogens is 244 g/mol. The first kappa shape index (κ1) is 15.5. The van der Waals surface area contributed by atoms with Gasteiger partial charge in [0.25, 0.3) is 0 Å². The van der Waals surface area contributed by atoms with E-state index in [9.17, 15) is 9.90 Å². The molecule has 0 rings (SSSR count). The van der Waals surface area contributed by atoms with E-state index >= 15 is 0 Å². The third kappa shape index (κ3) is 8.33. The molecule has 0 aromatic heterocycles. The normalized spacial score (nSPS) is 13.4. The van der Waals surface area contributed by atoms with Crippen molar-refractivity contribution in [1.29, 1.82) is 5.41 Å². The Bertz CT molecular complexity index is 367. The van der Waals surface area contributed by atoms with Crippen molar-refractivity contribution >= 4 is 22.7 Å². The smallest absolute Gasteiger partial charge is 0.314 e. The van der Waals surface area contributed by atoms with Crippen LogP contribution < -0.4 is 5.73 Å². The molecule has 5 nitrogen and oxygen atoms in total. The predicted octanol–water partition coefficient (Wildman–Crippen LogP) is 2.22. The topological polar surface area (TPSA) is 96.4 Å². The van der Waals surface area contributed by atoms with Crippen LogP contribution in [0.3, 0.4) is 0 Å². The van der Waals surface area contributed by atoms with Crippen LogP contribution in [0, 0.1) is 5.41 Å². The van der Waals surface area contributed by atoms with E-state index in [2.05, 4.69) is 0 Å². The molecular formula is C11H17ClN2O3. The highest BCUT2D eigenvalue weighted by Crippen LogP contribution is 2.11. The van der Waals surface area contributed by atoms with E-state index in [1.54, 1.807) is 20.8 Å². The van der Waals surface area contributed by atoms with Crippen LogP contribution in [0.2, 0.25) is 0 Å². The number of aliphatic hydroxyl groups excluding tert-OH is 1. The second-order valence-electron chi connectivity index (χ2n) is 4.35. The lowest BCUT2D eigenvalue weighted by Gasteiger charge is -2.19. The zero-order valence-corrected chi connectivity index (χ0v) is 10.8. The fourth-order valence-corrected chi connectivity index (χ4v) is 0.939. The summed E-state index contributed by atoms with van der Waals surface area (Å²) in [6.45, 7) is 5.18. The number of rotatable bonds is 4. The van der Waals surface area contributed by atoms with E-state index < -0.39 is 11.6 Å². The number of halogens is 1. The van der Waals surface area contributed by atoms with Crippen molar-refractivity contribution in [2.24, 2.45) is 5.73 Å². The Labute approximate surface area is 105 Å². The van der Waals surface area contributed by atoms with Crippen molar-refractivity contribution in [1.82, 2.24) is 0 Å². The zero-order chi connectivity index (χ0) is 13.6. The summed E-state index contributed by atoms with van der Waals surface area (Å²) in [6, 6.07) is 0. The summed E-state index contributed by atoms with van der Waals surface area (Å²) >= 11 is 5.26. The number of carbonyl (C=O) groups excluding carboxylic acids is 1. The third-order valence-electron chi connectivity index (χ3n) is 1.47. The summed E-state index contributed by atoms with van der Waals surface area (Å²) < 4.78 is 5.00. The van der Waals surface area contributed by atoms with Crippen molar-refractivity contribution < 1.29 is 14.6 Å². The first-order valence-corrected chi connectivity index (χ1v) is 5.31. The Morgan fingerprint density at radius 2 is 2.00 bits per heavy atom. The third-order valence-corrected chi connectivity index (χ3v) is 1.60. The van der Waals surface area contributed by atoms with Crippen LogP contribution in [-0.4, -0.2) is 21.8 Å². The number of hydrogen-bond donors (Lipinski definition) is 3. The fraction of sp³-hybridized carbons (Fsp3) is 0.455. The Hall–Kier alpha value is -1.49. The van der Waals surface area contributed by atoms with E-state index in [4.69, 9.17) is 27.5 Å². The van der Waals surface area contributed by atoms with Crippen molar-refractivity contribution in [2.45, 2.75) is 32.8 Å². The van der Waals surface area contributed by atoms with E-state index in [0.717, 1.165) is 0 Å². The average Bonchev–Trinajstić information content (AvgIpc) is 2.10. The first-order valence-electron chi connectivity index (χ1n) is 4.93. The van der Waals surface area contributed by atoms with Crippen LogP contribution in [0.4, 0.5) is 0 Å². The number of nitrogens with one attached hydrogen (secondary N) is 1. The monoisotopic (exact) mass is 260 g/mol. The highest BCUT2D eigenvalue weighted by molar-refractivity contribution is 6.67. The summed E-state index contributed by atoms with van der Waals surface area (Å²) in [5, 5.41) is 16.2. The van der Waals surface area contributed by atoms with Gasteiger partial charge in [-0.2, -0.15) is 0 Å². The Balaban J connectivity index is 4.52. The maximum atomic E-state index is 11.3. The lowest BCUT2D eigenvalue weighted by Crippen LogP contribution is -2.24. The molecule has 0 unspecified atom stereocenters. The van der Waals surface area contributed by atoms with Gasteiger partial charge in [0.15, 0.2) is 0 Å². The summed E-state index contributed by atoms with van der Waals surface area (Å²) in [6.07, 6.45) is 2.13. The van der Waals surface area contributed by atoms with Gasteiger partial charge in [-0.3, -0.25) is 10.2 Å². The molecule has 0 aromatic carbocycles. The zero-order valence-electron chi connectivity index (χ0n) is 10.1. The molecule has 0 aromatic rings. The second-order valence-corrected chi connectivity index (χ2v) is 4.75. The van der Waals surface area contributed by atoms with Gasteiger partial charge in [-0.25, -0.2) is 0 Å². The number of carbonyl (C=O) groups is 1. The van der Waals surface area contributed by atoms with Crippen LogP contribution in [-0.2, 0) is 9.53 Å². The molecule has 17 heavy (non-hydrogen) atoms. The first-order chi connectivity index (χ1) is 7.61. The van der Waals surface area contributed by atoms with Gasteiger partial charge in [-0.1, -0.05) is 11.6 Å². The number of hydrogen-bond acceptors (Lipinski definition) is 5. The average molecular weight is 261 g/mol. The van der Waals surface area contributed by atoms with Gasteiger partial charge >= 0.3 is 5.97 Å². The van der Waals surface area contributed by atoms with E-state index in [1.165, 1.54) is 12.2 Å². The summed E-state index contributed by atoms with van der Waals surface area (Å²) in [5.41, 5.74) is 4.82. The molecule has 0 fully saturated rings. The van der Waals surface area contributed by atoms with Crippen LogP contribution in [0.25, 0.3) is 0 Å². The standard InChI is InChI=1S/C11H17ClN2O3/c1-11(2,3)17-10(16)6-8(15)7(13)4-5-9(12)14/h4-5,14-15H,6,13H2,1-3H3. The number of aliphatic hydroxyl groups is 1. The molecule has 0 amide bonds. The Morgan fingerprint density at radius 3 is 2.41 bits per heavy atom. The van der Waals surface area contributed by atoms with E-state index in [0.29, 0.717) is 0 Å². The highest BCUT2D eigenvalue weighted by Gasteiger charge is 2.17. The summed E-state index contributed by atoms with van der Waals surface area (Å²) in [7, 11) is 0. The fourth-order valence-electron chi connectivity index (χ4n) is 0.876. The lowest BCUT2D eigenvalue weighted by atomic mass is 10.2. The molecule has 0 radical (unpaired) electrons. The predicted molar refractivity (Wildman–Crippen MR) is 67.0 cm³/mol. The minimum Gasteiger partial charge on any atom is -0.510 e. The van der Waals surface area contributed by atoms with Crippen LogP contribution in [0.15, 0.2) is 23.6 Å². The minimum atomic E-state index is -0.611. The minimum absolute atomic E-state index is 0.0266. The van der Waals surface area contributed by atoms with Crippen molar-refractivity contribution in [2.75, 3.05) is 0 Å². The molecule has 0 spiro atoms. The number of esters is 1. The Kier molecular flexibility index (Phi) is 5.74. The molecule has 0 aliphatic heterocycles. The Morgan fingerprint density at radius 1 is 1.47 bits per heavy atom. The summed E-state index contributed by atoms with van der Waals surface area (Å²) in [5.74, 6) is -0.888. The summed E-state index contributed by atoms with van der Waals surface area (Å²) in [4.78, 5) is 11.3. The van der Waals surface area contributed by atoms with Crippen molar-refractivity contribution in [3.05, 3.63) is 23.6 Å². The molecule has 6 heteroatoms. The molecule has 0 saturated carbocycles. The number of nitrogens with two attached hydrogens (primary N) is 1. The van der Waals surface area contributed by atoms with Gasteiger partial charge in [0.05, 0.1) is 5.70 Å². The molecule has 4 N–H and O–H groups in total. The van der Waals surface area contributed by atoms with Crippen LogP contribution in [0.5, 0.6) is 0 Å². The molecule has 0 heterocycles. The molecule has 0 aliphatic rings. The molecule has 0 bridgehead atoms. The molecule has 0 saturated heterocycles. The SMILES string of the molecule is CC(C)(C)OC(=O)CC(O)=C(N)C=CC(=N)Cl. The number of ether oxygens (including phenoxy) is 1.